The quantitative estimate of drug-likeness (QED) is 0.448. The molecule has 1 aliphatic carbocycles. The van der Waals surface area contributed by atoms with Crippen LogP contribution in [-0.2, 0) is 10.2 Å². The van der Waals surface area contributed by atoms with Crippen LogP contribution in [0.15, 0.2) is 60.0 Å². The Hall–Kier alpha value is -3.26. The molecular formula is C23H23N5O2S. The second-order valence-corrected chi connectivity index (χ2v) is 8.65. The molecule has 0 atom stereocenters. The van der Waals surface area contributed by atoms with Crippen LogP contribution in [0.1, 0.15) is 30.6 Å². The Morgan fingerprint density at radius 3 is 2.68 bits per heavy atom. The molecule has 0 spiro atoms. The lowest BCUT2D eigenvalue weighted by atomic mass is 9.83. The molecule has 31 heavy (non-hydrogen) atoms. The summed E-state index contributed by atoms with van der Waals surface area (Å²) < 4.78 is 7.49. The van der Waals surface area contributed by atoms with Crippen molar-refractivity contribution in [3.05, 3.63) is 64.9 Å². The van der Waals surface area contributed by atoms with E-state index in [-0.39, 0.29) is 11.3 Å². The Balaban J connectivity index is 1.23. The van der Waals surface area contributed by atoms with Crippen molar-refractivity contribution in [1.82, 2.24) is 25.1 Å². The second kappa shape index (κ2) is 8.47. The van der Waals surface area contributed by atoms with E-state index in [1.54, 1.807) is 21.9 Å². The molecule has 3 heterocycles. The summed E-state index contributed by atoms with van der Waals surface area (Å²) in [6, 6.07) is 17.5. The number of nitrogens with one attached hydrogen (secondary N) is 1. The Morgan fingerprint density at radius 1 is 1.06 bits per heavy atom. The fourth-order valence-corrected chi connectivity index (χ4v) is 5.20. The number of benzene rings is 1. The van der Waals surface area contributed by atoms with Gasteiger partial charge in [-0.15, -0.1) is 26.6 Å². The van der Waals surface area contributed by atoms with Gasteiger partial charge in [0.05, 0.1) is 12.0 Å². The van der Waals surface area contributed by atoms with Crippen molar-refractivity contribution in [2.45, 2.75) is 31.1 Å². The SMILES string of the molecule is O=C(NCCOc1ccc2nnc(-c3ccccc3)n2n1)C1(c2cccs2)CCCC1. The maximum Gasteiger partial charge on any atom is 0.231 e. The number of carbonyl (C=O) groups excluding carboxylic acids is 1. The molecule has 0 unspecified atom stereocenters. The number of thiophene rings is 1. The third-order valence-corrected chi connectivity index (χ3v) is 6.87. The molecule has 1 amide bonds. The topological polar surface area (TPSA) is 81.4 Å². The Kier molecular flexibility index (Phi) is 5.38. The van der Waals surface area contributed by atoms with Gasteiger partial charge in [0.25, 0.3) is 0 Å². The molecule has 0 radical (unpaired) electrons. The van der Waals surface area contributed by atoms with Crippen molar-refractivity contribution in [2.75, 3.05) is 13.2 Å². The van der Waals surface area contributed by atoms with Gasteiger partial charge in [0.15, 0.2) is 11.5 Å². The summed E-state index contributed by atoms with van der Waals surface area (Å²) in [7, 11) is 0. The van der Waals surface area contributed by atoms with E-state index in [1.165, 1.54) is 0 Å². The first kappa shape index (κ1) is 19.7. The summed E-state index contributed by atoms with van der Waals surface area (Å²) in [5, 5.41) is 18.1. The molecule has 3 aromatic heterocycles. The molecule has 8 heteroatoms. The summed E-state index contributed by atoms with van der Waals surface area (Å²) >= 11 is 1.67. The van der Waals surface area contributed by atoms with Crippen LogP contribution in [0.3, 0.4) is 0 Å². The van der Waals surface area contributed by atoms with Gasteiger partial charge in [0.2, 0.25) is 11.8 Å². The zero-order valence-corrected chi connectivity index (χ0v) is 17.8. The van der Waals surface area contributed by atoms with Crippen LogP contribution in [0.2, 0.25) is 0 Å². The summed E-state index contributed by atoms with van der Waals surface area (Å²) in [5.41, 5.74) is 1.21. The molecule has 0 aliphatic heterocycles. The minimum Gasteiger partial charge on any atom is -0.475 e. The standard InChI is InChI=1S/C23H23N5O2S/c29-22(23(12-4-5-13-23)18-9-6-16-31-18)24-14-15-30-20-11-10-19-25-26-21(28(19)27-20)17-7-2-1-3-8-17/h1-3,6-11,16H,4-5,12-15H2,(H,24,29). The largest absolute Gasteiger partial charge is 0.475 e. The van der Waals surface area contributed by atoms with Gasteiger partial charge in [-0.25, -0.2) is 0 Å². The van der Waals surface area contributed by atoms with Crippen molar-refractivity contribution in [3.8, 4) is 17.3 Å². The van der Waals surface area contributed by atoms with Crippen LogP contribution < -0.4 is 10.1 Å². The van der Waals surface area contributed by atoms with E-state index in [2.05, 4.69) is 26.7 Å². The van der Waals surface area contributed by atoms with Gasteiger partial charge in [0, 0.05) is 16.5 Å². The highest BCUT2D eigenvalue weighted by atomic mass is 32.1. The minimum atomic E-state index is -0.377. The number of ether oxygens (including phenoxy) is 1. The van der Waals surface area contributed by atoms with Crippen LogP contribution >= 0.6 is 11.3 Å². The maximum atomic E-state index is 13.0. The molecule has 4 aromatic rings. The maximum absolute atomic E-state index is 13.0. The first-order valence-corrected chi connectivity index (χ1v) is 11.4. The van der Waals surface area contributed by atoms with E-state index >= 15 is 0 Å². The van der Waals surface area contributed by atoms with Crippen LogP contribution in [0.4, 0.5) is 0 Å². The van der Waals surface area contributed by atoms with E-state index in [0.717, 1.165) is 36.1 Å². The average Bonchev–Trinajstić information content (AvgIpc) is 3.57. The molecular weight excluding hydrogens is 410 g/mol. The number of nitrogens with zero attached hydrogens (tertiary/aromatic N) is 4. The molecule has 1 fully saturated rings. The summed E-state index contributed by atoms with van der Waals surface area (Å²) in [6.07, 6.45) is 4.01. The first-order chi connectivity index (χ1) is 15.3. The molecule has 1 aromatic carbocycles. The molecule has 1 N–H and O–H groups in total. The highest BCUT2D eigenvalue weighted by Crippen LogP contribution is 2.43. The van der Waals surface area contributed by atoms with Crippen molar-refractivity contribution < 1.29 is 9.53 Å². The van der Waals surface area contributed by atoms with Gasteiger partial charge < -0.3 is 10.1 Å². The van der Waals surface area contributed by atoms with Crippen molar-refractivity contribution in [1.29, 1.82) is 0 Å². The molecule has 5 rings (SSSR count). The molecule has 1 aliphatic rings. The number of hydrogen-bond donors (Lipinski definition) is 1. The lowest BCUT2D eigenvalue weighted by Crippen LogP contribution is -2.43. The Morgan fingerprint density at radius 2 is 1.90 bits per heavy atom. The van der Waals surface area contributed by atoms with Crippen molar-refractivity contribution >= 4 is 22.9 Å². The smallest absolute Gasteiger partial charge is 0.231 e. The molecule has 0 saturated heterocycles. The zero-order valence-electron chi connectivity index (χ0n) is 17.0. The number of fused-ring (bicyclic) bond motifs is 1. The fourth-order valence-electron chi connectivity index (χ4n) is 4.22. The van der Waals surface area contributed by atoms with Gasteiger partial charge >= 0.3 is 0 Å². The fraction of sp³-hybridized carbons (Fsp3) is 0.304. The van der Waals surface area contributed by atoms with Crippen molar-refractivity contribution in [3.63, 3.8) is 0 Å². The second-order valence-electron chi connectivity index (χ2n) is 7.70. The average molecular weight is 434 g/mol. The summed E-state index contributed by atoms with van der Waals surface area (Å²) in [6.45, 7) is 0.771. The van der Waals surface area contributed by atoms with Gasteiger partial charge in [-0.05, 0) is 30.4 Å². The van der Waals surface area contributed by atoms with Crippen LogP contribution in [0.5, 0.6) is 5.88 Å². The Labute approximate surface area is 184 Å². The molecule has 0 bridgehead atoms. The van der Waals surface area contributed by atoms with E-state index < -0.39 is 0 Å². The molecule has 1 saturated carbocycles. The highest BCUT2D eigenvalue weighted by Gasteiger charge is 2.43. The normalized spacial score (nSPS) is 15.2. The van der Waals surface area contributed by atoms with Crippen LogP contribution in [0.25, 0.3) is 17.0 Å². The number of aromatic nitrogens is 4. The van der Waals surface area contributed by atoms with Crippen molar-refractivity contribution in [2.24, 2.45) is 0 Å². The third kappa shape index (κ3) is 3.79. The van der Waals surface area contributed by atoms with E-state index in [4.69, 9.17) is 4.74 Å². The third-order valence-electron chi connectivity index (χ3n) is 5.79. The van der Waals surface area contributed by atoms with E-state index in [1.807, 2.05) is 47.8 Å². The number of hydrogen-bond acceptors (Lipinski definition) is 6. The number of rotatable bonds is 7. The van der Waals surface area contributed by atoms with E-state index in [0.29, 0.717) is 30.5 Å². The Bertz CT molecular complexity index is 1170. The number of amides is 1. The van der Waals surface area contributed by atoms with Gasteiger partial charge in [-0.3, -0.25) is 4.79 Å². The number of carbonyl (C=O) groups is 1. The predicted molar refractivity (Wildman–Crippen MR) is 119 cm³/mol. The lowest BCUT2D eigenvalue weighted by Gasteiger charge is -2.26. The minimum absolute atomic E-state index is 0.102. The first-order valence-electron chi connectivity index (χ1n) is 10.5. The highest BCUT2D eigenvalue weighted by molar-refractivity contribution is 7.10. The van der Waals surface area contributed by atoms with Crippen LogP contribution in [-0.4, -0.2) is 38.9 Å². The van der Waals surface area contributed by atoms with Gasteiger partial charge in [0.1, 0.15) is 6.61 Å². The van der Waals surface area contributed by atoms with Gasteiger partial charge in [-0.1, -0.05) is 49.2 Å². The molecule has 7 nitrogen and oxygen atoms in total. The van der Waals surface area contributed by atoms with Crippen LogP contribution in [0, 0.1) is 0 Å². The summed E-state index contributed by atoms with van der Waals surface area (Å²) in [4.78, 5) is 14.2. The summed E-state index contributed by atoms with van der Waals surface area (Å²) in [5.74, 6) is 1.23. The van der Waals surface area contributed by atoms with Gasteiger partial charge in [-0.2, -0.15) is 4.52 Å². The van der Waals surface area contributed by atoms with E-state index in [9.17, 15) is 4.79 Å². The lowest BCUT2D eigenvalue weighted by molar-refractivity contribution is -0.126. The predicted octanol–water partition coefficient (Wildman–Crippen LogP) is 3.86. The monoisotopic (exact) mass is 433 g/mol. The zero-order chi connectivity index (χ0) is 21.1. The molecule has 158 valence electrons.